The van der Waals surface area contributed by atoms with E-state index in [0.717, 1.165) is 6.26 Å². The Morgan fingerprint density at radius 2 is 2.14 bits per heavy atom. The molecule has 0 aromatic heterocycles. The summed E-state index contributed by atoms with van der Waals surface area (Å²) in [5.41, 5.74) is 6.09. The maximum Gasteiger partial charge on any atom is 0.229 e. The molecule has 0 radical (unpaired) electrons. The molecule has 6 heteroatoms. The fraction of sp³-hybridized carbons (Fsp3) is 0.250. The van der Waals surface area contributed by atoms with Gasteiger partial charge in [0.05, 0.1) is 11.9 Å². The number of nitrogens with one attached hydrogen (secondary N) is 1. The summed E-state index contributed by atoms with van der Waals surface area (Å²) in [5, 5.41) is 9.40. The molecule has 14 heavy (non-hydrogen) atoms. The SMILES string of the molecule is CS(=O)(=O)Nc1c(O)cccc1CN. The van der Waals surface area contributed by atoms with Crippen molar-refractivity contribution in [3.63, 3.8) is 0 Å². The van der Waals surface area contributed by atoms with Gasteiger partial charge in [-0.3, -0.25) is 4.72 Å². The van der Waals surface area contributed by atoms with E-state index in [2.05, 4.69) is 4.72 Å². The smallest absolute Gasteiger partial charge is 0.229 e. The maximum absolute atomic E-state index is 11.0. The second-order valence-electron chi connectivity index (χ2n) is 2.89. The molecule has 0 atom stereocenters. The molecule has 0 fully saturated rings. The standard InChI is InChI=1S/C8H12N2O3S/c1-14(12,13)10-8-6(5-9)3-2-4-7(8)11/h2-4,10-11H,5,9H2,1H3. The summed E-state index contributed by atoms with van der Waals surface area (Å²) in [6.07, 6.45) is 1.01. The number of anilines is 1. The second-order valence-corrected chi connectivity index (χ2v) is 4.64. The van der Waals surface area contributed by atoms with Crippen LogP contribution in [0.4, 0.5) is 5.69 Å². The predicted molar refractivity (Wildman–Crippen MR) is 54.5 cm³/mol. The number of phenols is 1. The van der Waals surface area contributed by atoms with E-state index in [1.54, 1.807) is 12.1 Å². The second kappa shape index (κ2) is 3.85. The van der Waals surface area contributed by atoms with E-state index in [4.69, 9.17) is 5.73 Å². The van der Waals surface area contributed by atoms with Crippen molar-refractivity contribution in [3.05, 3.63) is 23.8 Å². The molecule has 0 aliphatic rings. The van der Waals surface area contributed by atoms with Crippen molar-refractivity contribution in [1.29, 1.82) is 0 Å². The van der Waals surface area contributed by atoms with Gasteiger partial charge in [0.25, 0.3) is 0 Å². The van der Waals surface area contributed by atoms with Crippen LogP contribution in [-0.2, 0) is 16.6 Å². The Hall–Kier alpha value is -1.27. The van der Waals surface area contributed by atoms with Gasteiger partial charge in [-0.1, -0.05) is 12.1 Å². The zero-order chi connectivity index (χ0) is 10.8. The number of sulfonamides is 1. The van der Waals surface area contributed by atoms with Crippen molar-refractivity contribution < 1.29 is 13.5 Å². The summed E-state index contributed by atoms with van der Waals surface area (Å²) in [6, 6.07) is 4.64. The van der Waals surface area contributed by atoms with Crippen LogP contribution in [0.15, 0.2) is 18.2 Å². The third kappa shape index (κ3) is 2.61. The van der Waals surface area contributed by atoms with Gasteiger partial charge >= 0.3 is 0 Å². The normalized spacial score (nSPS) is 11.3. The molecule has 0 spiro atoms. The molecule has 4 N–H and O–H groups in total. The largest absolute Gasteiger partial charge is 0.506 e. The van der Waals surface area contributed by atoms with Crippen LogP contribution in [0.2, 0.25) is 0 Å². The molecule has 0 bridgehead atoms. The summed E-state index contributed by atoms with van der Waals surface area (Å²) < 4.78 is 24.1. The number of rotatable bonds is 3. The van der Waals surface area contributed by atoms with E-state index in [1.807, 2.05) is 0 Å². The molecule has 0 aliphatic carbocycles. The first-order chi connectivity index (χ1) is 6.44. The summed E-state index contributed by atoms with van der Waals surface area (Å²) in [6.45, 7) is 0.159. The average molecular weight is 216 g/mol. The van der Waals surface area contributed by atoms with Crippen molar-refractivity contribution >= 4 is 15.7 Å². The lowest BCUT2D eigenvalue weighted by molar-refractivity contribution is 0.477. The van der Waals surface area contributed by atoms with Crippen molar-refractivity contribution in [2.45, 2.75) is 6.54 Å². The van der Waals surface area contributed by atoms with Crippen LogP contribution in [-0.4, -0.2) is 19.8 Å². The Morgan fingerprint density at radius 1 is 1.50 bits per heavy atom. The van der Waals surface area contributed by atoms with Crippen molar-refractivity contribution in [2.75, 3.05) is 11.0 Å². The lowest BCUT2D eigenvalue weighted by Gasteiger charge is -2.10. The van der Waals surface area contributed by atoms with Gasteiger partial charge in [0.2, 0.25) is 10.0 Å². The zero-order valence-corrected chi connectivity index (χ0v) is 8.50. The van der Waals surface area contributed by atoms with Gasteiger partial charge in [0.1, 0.15) is 5.75 Å². The van der Waals surface area contributed by atoms with Crippen LogP contribution in [0.1, 0.15) is 5.56 Å². The molecule has 5 nitrogen and oxygen atoms in total. The zero-order valence-electron chi connectivity index (χ0n) is 7.69. The van der Waals surface area contributed by atoms with E-state index in [0.29, 0.717) is 5.56 Å². The van der Waals surface area contributed by atoms with E-state index in [1.165, 1.54) is 6.07 Å². The van der Waals surface area contributed by atoms with Gasteiger partial charge in [0.15, 0.2) is 0 Å². The predicted octanol–water partition coefficient (Wildman–Crippen LogP) is 0.222. The van der Waals surface area contributed by atoms with E-state index in [9.17, 15) is 13.5 Å². The highest BCUT2D eigenvalue weighted by atomic mass is 32.2. The van der Waals surface area contributed by atoms with Crippen LogP contribution in [0.25, 0.3) is 0 Å². The average Bonchev–Trinajstić information content (AvgIpc) is 2.06. The monoisotopic (exact) mass is 216 g/mol. The summed E-state index contributed by atoms with van der Waals surface area (Å²) >= 11 is 0. The van der Waals surface area contributed by atoms with Crippen molar-refractivity contribution in [2.24, 2.45) is 5.73 Å². The van der Waals surface area contributed by atoms with Crippen LogP contribution < -0.4 is 10.5 Å². The van der Waals surface area contributed by atoms with E-state index in [-0.39, 0.29) is 18.0 Å². The fourth-order valence-electron chi connectivity index (χ4n) is 1.06. The minimum Gasteiger partial charge on any atom is -0.506 e. The third-order valence-corrected chi connectivity index (χ3v) is 2.21. The molecule has 0 unspecified atom stereocenters. The number of nitrogens with two attached hydrogens (primary N) is 1. The van der Waals surface area contributed by atoms with Gasteiger partial charge in [-0.2, -0.15) is 0 Å². The molecule has 0 heterocycles. The maximum atomic E-state index is 11.0. The first-order valence-corrected chi connectivity index (χ1v) is 5.82. The number of benzene rings is 1. The van der Waals surface area contributed by atoms with Crippen LogP contribution >= 0.6 is 0 Å². The highest BCUT2D eigenvalue weighted by molar-refractivity contribution is 7.92. The first kappa shape index (κ1) is 10.8. The number of hydrogen-bond donors (Lipinski definition) is 3. The Balaban J connectivity index is 3.18. The summed E-state index contributed by atoms with van der Waals surface area (Å²) in [7, 11) is -3.40. The topological polar surface area (TPSA) is 92.4 Å². The number of aromatic hydroxyl groups is 1. The van der Waals surface area contributed by atoms with Gasteiger partial charge in [-0.05, 0) is 11.6 Å². The molecular formula is C8H12N2O3S. The molecule has 1 aromatic carbocycles. The lowest BCUT2D eigenvalue weighted by Crippen LogP contribution is -2.12. The number of hydrogen-bond acceptors (Lipinski definition) is 4. The van der Waals surface area contributed by atoms with Gasteiger partial charge < -0.3 is 10.8 Å². The van der Waals surface area contributed by atoms with E-state index < -0.39 is 10.0 Å². The van der Waals surface area contributed by atoms with Crippen LogP contribution in [0, 0.1) is 0 Å². The van der Waals surface area contributed by atoms with Crippen molar-refractivity contribution in [3.8, 4) is 5.75 Å². The Bertz CT molecular complexity index is 428. The lowest BCUT2D eigenvalue weighted by atomic mass is 10.2. The Labute approximate surface area is 82.6 Å². The van der Waals surface area contributed by atoms with Crippen LogP contribution in [0.3, 0.4) is 0 Å². The first-order valence-electron chi connectivity index (χ1n) is 3.93. The van der Waals surface area contributed by atoms with E-state index >= 15 is 0 Å². The Morgan fingerprint density at radius 3 is 2.64 bits per heavy atom. The van der Waals surface area contributed by atoms with Gasteiger partial charge in [-0.25, -0.2) is 8.42 Å². The minimum absolute atomic E-state index is 0.127. The fourth-order valence-corrected chi connectivity index (χ4v) is 1.67. The molecule has 0 aliphatic heterocycles. The highest BCUT2D eigenvalue weighted by Crippen LogP contribution is 2.27. The molecule has 1 aromatic rings. The minimum atomic E-state index is -3.40. The molecule has 0 amide bonds. The number of para-hydroxylation sites is 1. The molecular weight excluding hydrogens is 204 g/mol. The summed E-state index contributed by atoms with van der Waals surface area (Å²) in [5.74, 6) is -0.127. The third-order valence-electron chi connectivity index (χ3n) is 1.64. The van der Waals surface area contributed by atoms with Gasteiger partial charge in [0, 0.05) is 6.54 Å². The van der Waals surface area contributed by atoms with Crippen molar-refractivity contribution in [1.82, 2.24) is 0 Å². The Kier molecular flexibility index (Phi) is 2.97. The molecule has 78 valence electrons. The quantitative estimate of drug-likeness (QED) is 0.630. The molecule has 0 saturated heterocycles. The molecule has 1 rings (SSSR count). The van der Waals surface area contributed by atoms with Crippen LogP contribution in [0.5, 0.6) is 5.75 Å². The number of phenolic OH excluding ortho intramolecular Hbond substituents is 1. The molecule has 0 saturated carbocycles. The van der Waals surface area contributed by atoms with Gasteiger partial charge in [-0.15, -0.1) is 0 Å². The highest BCUT2D eigenvalue weighted by Gasteiger charge is 2.10. The summed E-state index contributed by atoms with van der Waals surface area (Å²) in [4.78, 5) is 0.